The molecule has 1 fully saturated rings. The maximum atomic E-state index is 5.99. The van der Waals surface area contributed by atoms with Crippen LogP contribution in [-0.2, 0) is 0 Å². The van der Waals surface area contributed by atoms with E-state index in [1.165, 1.54) is 22.8 Å². The number of hydrogen-bond donors (Lipinski definition) is 1. The van der Waals surface area contributed by atoms with Gasteiger partial charge in [-0.2, -0.15) is 0 Å². The number of hydrogen-bond acceptors (Lipinski definition) is 3. The first kappa shape index (κ1) is 14.4. The molecule has 2 aromatic rings. The van der Waals surface area contributed by atoms with Gasteiger partial charge in [0.1, 0.15) is 5.75 Å². The molecule has 0 spiro atoms. The second kappa shape index (κ2) is 6.04. The molecular weight excluding hydrogens is 260 g/mol. The Morgan fingerprint density at radius 2 is 1.95 bits per heavy atom. The van der Waals surface area contributed by atoms with Crippen molar-refractivity contribution in [2.75, 3.05) is 26.7 Å². The summed E-state index contributed by atoms with van der Waals surface area (Å²) >= 11 is 0. The number of ether oxygens (including phenoxy) is 1. The lowest BCUT2D eigenvalue weighted by molar-refractivity contribution is 0.242. The van der Waals surface area contributed by atoms with Crippen molar-refractivity contribution in [2.45, 2.75) is 19.4 Å². The molecule has 0 saturated carbocycles. The predicted octanol–water partition coefficient (Wildman–Crippen LogP) is 3.19. The minimum absolute atomic E-state index is 0.464. The molecule has 3 heteroatoms. The summed E-state index contributed by atoms with van der Waals surface area (Å²) in [5.74, 6) is 1.48. The summed E-state index contributed by atoms with van der Waals surface area (Å²) in [6, 6.07) is 13.5. The van der Waals surface area contributed by atoms with Gasteiger partial charge in [-0.1, -0.05) is 25.1 Å². The lowest BCUT2D eigenvalue weighted by Crippen LogP contribution is -2.28. The van der Waals surface area contributed by atoms with Gasteiger partial charge in [-0.25, -0.2) is 0 Å². The zero-order chi connectivity index (χ0) is 14.8. The summed E-state index contributed by atoms with van der Waals surface area (Å²) in [5.41, 5.74) is 7.38. The standard InChI is InChI=1S/C18H24N2O/c1-3-20-9-8-16(12-19)18(20)15-5-4-14-11-17(21-2)7-6-13(14)10-15/h4-7,10-11,16,18H,3,8-9,12,19H2,1-2H3. The fourth-order valence-corrected chi connectivity index (χ4v) is 3.56. The first-order valence-electron chi connectivity index (χ1n) is 7.78. The molecule has 3 rings (SSSR count). The number of likely N-dealkylation sites (tertiary alicyclic amines) is 1. The second-order valence-electron chi connectivity index (χ2n) is 5.83. The highest BCUT2D eigenvalue weighted by molar-refractivity contribution is 5.84. The Kier molecular flexibility index (Phi) is 4.13. The maximum absolute atomic E-state index is 5.99. The van der Waals surface area contributed by atoms with Crippen LogP contribution in [0, 0.1) is 5.92 Å². The third kappa shape index (κ3) is 2.63. The Balaban J connectivity index is 1.99. The fraction of sp³-hybridized carbons (Fsp3) is 0.444. The molecule has 21 heavy (non-hydrogen) atoms. The Labute approximate surface area is 126 Å². The van der Waals surface area contributed by atoms with Crippen LogP contribution < -0.4 is 10.5 Å². The predicted molar refractivity (Wildman–Crippen MR) is 87.6 cm³/mol. The summed E-state index contributed by atoms with van der Waals surface area (Å²) < 4.78 is 5.30. The molecule has 1 aliphatic rings. The van der Waals surface area contributed by atoms with Crippen molar-refractivity contribution in [3.05, 3.63) is 42.0 Å². The van der Waals surface area contributed by atoms with Gasteiger partial charge in [0, 0.05) is 6.04 Å². The number of rotatable bonds is 4. The molecule has 112 valence electrons. The SMILES string of the molecule is CCN1CCC(CN)C1c1ccc2cc(OC)ccc2c1. The molecule has 0 amide bonds. The number of nitrogens with zero attached hydrogens (tertiary/aromatic N) is 1. The summed E-state index contributed by atoms with van der Waals surface area (Å²) in [7, 11) is 1.71. The summed E-state index contributed by atoms with van der Waals surface area (Å²) in [4.78, 5) is 2.54. The molecule has 1 aliphatic heterocycles. The Hall–Kier alpha value is -1.58. The molecule has 2 unspecified atom stereocenters. The smallest absolute Gasteiger partial charge is 0.119 e. The molecule has 2 aromatic carbocycles. The number of nitrogens with two attached hydrogens (primary N) is 1. The van der Waals surface area contributed by atoms with E-state index in [1.807, 2.05) is 6.07 Å². The van der Waals surface area contributed by atoms with Crippen LogP contribution in [0.15, 0.2) is 36.4 Å². The first-order valence-corrected chi connectivity index (χ1v) is 7.78. The number of fused-ring (bicyclic) bond motifs is 1. The minimum Gasteiger partial charge on any atom is -0.497 e. The highest BCUT2D eigenvalue weighted by Gasteiger charge is 2.33. The van der Waals surface area contributed by atoms with E-state index >= 15 is 0 Å². The Morgan fingerprint density at radius 1 is 1.19 bits per heavy atom. The zero-order valence-electron chi connectivity index (χ0n) is 12.9. The van der Waals surface area contributed by atoms with Crippen LogP contribution in [0.5, 0.6) is 5.75 Å². The van der Waals surface area contributed by atoms with Crippen LogP contribution in [0.1, 0.15) is 24.9 Å². The van der Waals surface area contributed by atoms with Crippen LogP contribution in [0.25, 0.3) is 10.8 Å². The van der Waals surface area contributed by atoms with Crippen molar-refractivity contribution in [1.29, 1.82) is 0 Å². The molecule has 2 N–H and O–H groups in total. The van der Waals surface area contributed by atoms with E-state index in [0.29, 0.717) is 12.0 Å². The average molecular weight is 284 g/mol. The van der Waals surface area contributed by atoms with Crippen molar-refractivity contribution in [2.24, 2.45) is 11.7 Å². The highest BCUT2D eigenvalue weighted by Crippen LogP contribution is 2.37. The molecule has 3 nitrogen and oxygen atoms in total. The minimum atomic E-state index is 0.464. The van der Waals surface area contributed by atoms with E-state index < -0.39 is 0 Å². The van der Waals surface area contributed by atoms with Gasteiger partial charge in [0.25, 0.3) is 0 Å². The van der Waals surface area contributed by atoms with Gasteiger partial charge in [0.2, 0.25) is 0 Å². The first-order chi connectivity index (χ1) is 10.3. The van der Waals surface area contributed by atoms with E-state index in [-0.39, 0.29) is 0 Å². The topological polar surface area (TPSA) is 38.5 Å². The summed E-state index contributed by atoms with van der Waals surface area (Å²) in [6.07, 6.45) is 1.20. The van der Waals surface area contributed by atoms with Crippen LogP contribution in [0.2, 0.25) is 0 Å². The van der Waals surface area contributed by atoms with Crippen molar-refractivity contribution in [3.63, 3.8) is 0 Å². The lowest BCUT2D eigenvalue weighted by Gasteiger charge is -2.27. The molecule has 1 saturated heterocycles. The fourth-order valence-electron chi connectivity index (χ4n) is 3.56. The zero-order valence-corrected chi connectivity index (χ0v) is 12.9. The van der Waals surface area contributed by atoms with Crippen molar-refractivity contribution >= 4 is 10.8 Å². The van der Waals surface area contributed by atoms with Crippen LogP contribution in [0.3, 0.4) is 0 Å². The third-order valence-corrected chi connectivity index (χ3v) is 4.75. The van der Waals surface area contributed by atoms with Gasteiger partial charge >= 0.3 is 0 Å². The normalized spacial score (nSPS) is 22.8. The summed E-state index contributed by atoms with van der Waals surface area (Å²) in [6.45, 7) is 5.24. The largest absolute Gasteiger partial charge is 0.497 e. The number of benzene rings is 2. The maximum Gasteiger partial charge on any atom is 0.119 e. The quantitative estimate of drug-likeness (QED) is 0.937. The van der Waals surface area contributed by atoms with Crippen LogP contribution >= 0.6 is 0 Å². The molecule has 1 heterocycles. The molecule has 0 radical (unpaired) electrons. The van der Waals surface area contributed by atoms with E-state index in [1.54, 1.807) is 7.11 Å². The molecule has 0 aromatic heterocycles. The van der Waals surface area contributed by atoms with Crippen molar-refractivity contribution in [3.8, 4) is 5.75 Å². The van der Waals surface area contributed by atoms with Gasteiger partial charge < -0.3 is 10.5 Å². The highest BCUT2D eigenvalue weighted by atomic mass is 16.5. The van der Waals surface area contributed by atoms with E-state index in [2.05, 4.69) is 42.2 Å². The van der Waals surface area contributed by atoms with Gasteiger partial charge in [-0.15, -0.1) is 0 Å². The average Bonchev–Trinajstić information content (AvgIpc) is 2.96. The van der Waals surface area contributed by atoms with Gasteiger partial charge in [0.05, 0.1) is 7.11 Å². The van der Waals surface area contributed by atoms with Crippen LogP contribution in [-0.4, -0.2) is 31.6 Å². The lowest BCUT2D eigenvalue weighted by atomic mass is 9.92. The molecule has 0 aliphatic carbocycles. The monoisotopic (exact) mass is 284 g/mol. The Bertz CT molecular complexity index is 614. The van der Waals surface area contributed by atoms with Gasteiger partial charge in [0.15, 0.2) is 0 Å². The Morgan fingerprint density at radius 3 is 2.67 bits per heavy atom. The van der Waals surface area contributed by atoms with E-state index in [4.69, 9.17) is 10.5 Å². The molecule has 0 bridgehead atoms. The third-order valence-electron chi connectivity index (χ3n) is 4.75. The van der Waals surface area contributed by atoms with Gasteiger partial charge in [-0.3, -0.25) is 4.90 Å². The second-order valence-corrected chi connectivity index (χ2v) is 5.83. The van der Waals surface area contributed by atoms with E-state index in [9.17, 15) is 0 Å². The van der Waals surface area contributed by atoms with E-state index in [0.717, 1.165) is 25.4 Å². The van der Waals surface area contributed by atoms with Crippen LogP contribution in [0.4, 0.5) is 0 Å². The number of methoxy groups -OCH3 is 1. The molecule has 2 atom stereocenters. The van der Waals surface area contributed by atoms with Crippen molar-refractivity contribution in [1.82, 2.24) is 4.90 Å². The molecular formula is C18H24N2O. The van der Waals surface area contributed by atoms with Crippen molar-refractivity contribution < 1.29 is 4.74 Å². The van der Waals surface area contributed by atoms with Gasteiger partial charge in [-0.05, 0) is 66.5 Å². The summed E-state index contributed by atoms with van der Waals surface area (Å²) in [5, 5.41) is 2.50.